The van der Waals surface area contributed by atoms with Crippen LogP contribution in [-0.4, -0.2) is 12.6 Å². The Hall–Kier alpha value is -1.20. The molecule has 20 heavy (non-hydrogen) atoms. The van der Waals surface area contributed by atoms with E-state index < -0.39 is 0 Å². The number of nitrogens with one attached hydrogen (secondary N) is 1. The molecule has 2 unspecified atom stereocenters. The predicted octanol–water partition coefficient (Wildman–Crippen LogP) is 3.29. The average Bonchev–Trinajstić information content (AvgIpc) is 3.01. The van der Waals surface area contributed by atoms with Crippen LogP contribution in [0.4, 0.5) is 0 Å². The number of hydrazine groups is 1. The van der Waals surface area contributed by atoms with Gasteiger partial charge in [0.1, 0.15) is 0 Å². The number of nitrogens with two attached hydrogens (primary N) is 1. The zero-order valence-electron chi connectivity index (χ0n) is 11.8. The normalized spacial score (nSPS) is 14.1. The Labute approximate surface area is 124 Å². The van der Waals surface area contributed by atoms with Crippen LogP contribution in [0, 0.1) is 0 Å². The molecule has 1 heterocycles. The topological polar surface area (TPSA) is 47.3 Å². The first-order chi connectivity index (χ1) is 9.85. The third kappa shape index (κ3) is 4.15. The van der Waals surface area contributed by atoms with Gasteiger partial charge in [0, 0.05) is 11.5 Å². The lowest BCUT2D eigenvalue weighted by atomic mass is 9.98. The number of rotatable bonds is 8. The molecule has 2 rings (SSSR count). The molecule has 108 valence electrons. The van der Waals surface area contributed by atoms with Crippen LogP contribution < -0.4 is 11.3 Å². The maximum atomic E-state index is 5.91. The Bertz CT molecular complexity index is 472. The molecule has 1 aromatic heterocycles. The van der Waals surface area contributed by atoms with Gasteiger partial charge in [-0.3, -0.25) is 11.3 Å². The van der Waals surface area contributed by atoms with E-state index in [1.165, 1.54) is 10.4 Å². The monoisotopic (exact) mass is 290 g/mol. The van der Waals surface area contributed by atoms with Crippen LogP contribution in [0.3, 0.4) is 0 Å². The number of ether oxygens (including phenoxy) is 1. The highest BCUT2D eigenvalue weighted by atomic mass is 32.1. The molecule has 0 radical (unpaired) electrons. The first kappa shape index (κ1) is 15.2. The third-order valence-electron chi connectivity index (χ3n) is 3.34. The second-order valence-electron chi connectivity index (χ2n) is 4.68. The zero-order valence-corrected chi connectivity index (χ0v) is 12.6. The SMILES string of the molecule is CCOC(c1ccccc1)C(CCc1cccs1)NN. The van der Waals surface area contributed by atoms with E-state index in [-0.39, 0.29) is 12.1 Å². The molecule has 1 aromatic carbocycles. The van der Waals surface area contributed by atoms with Gasteiger partial charge in [-0.2, -0.15) is 0 Å². The van der Waals surface area contributed by atoms with E-state index in [4.69, 9.17) is 10.6 Å². The molecule has 4 heteroatoms. The van der Waals surface area contributed by atoms with Gasteiger partial charge in [-0.25, -0.2) is 0 Å². The lowest BCUT2D eigenvalue weighted by Crippen LogP contribution is -2.41. The summed E-state index contributed by atoms with van der Waals surface area (Å²) in [5.41, 5.74) is 4.10. The summed E-state index contributed by atoms with van der Waals surface area (Å²) in [5, 5.41) is 2.11. The van der Waals surface area contributed by atoms with Crippen molar-refractivity contribution in [3.63, 3.8) is 0 Å². The molecule has 2 atom stereocenters. The molecule has 0 aliphatic rings. The van der Waals surface area contributed by atoms with Gasteiger partial charge in [-0.05, 0) is 36.8 Å². The van der Waals surface area contributed by atoms with Gasteiger partial charge in [-0.15, -0.1) is 11.3 Å². The molecule has 0 spiro atoms. The summed E-state index contributed by atoms with van der Waals surface area (Å²) in [6, 6.07) is 14.6. The van der Waals surface area contributed by atoms with Gasteiger partial charge in [0.05, 0.1) is 12.1 Å². The summed E-state index contributed by atoms with van der Waals surface area (Å²) in [7, 11) is 0. The summed E-state index contributed by atoms with van der Waals surface area (Å²) in [6.45, 7) is 2.69. The number of thiophene rings is 1. The molecule has 0 fully saturated rings. The quantitative estimate of drug-likeness (QED) is 0.579. The molecular formula is C16H22N2OS. The van der Waals surface area contributed by atoms with Crippen LogP contribution in [0.1, 0.15) is 29.9 Å². The second kappa shape index (κ2) is 8.17. The van der Waals surface area contributed by atoms with Crippen LogP contribution in [0.5, 0.6) is 0 Å². The highest BCUT2D eigenvalue weighted by Gasteiger charge is 2.22. The molecular weight excluding hydrogens is 268 g/mol. The summed E-state index contributed by atoms with van der Waals surface area (Å²) < 4.78 is 5.91. The van der Waals surface area contributed by atoms with Gasteiger partial charge in [-0.1, -0.05) is 36.4 Å². The van der Waals surface area contributed by atoms with E-state index >= 15 is 0 Å². The lowest BCUT2D eigenvalue weighted by molar-refractivity contribution is 0.0310. The van der Waals surface area contributed by atoms with Gasteiger partial charge in [0.15, 0.2) is 0 Å². The van der Waals surface area contributed by atoms with Crippen LogP contribution >= 0.6 is 11.3 Å². The molecule has 3 N–H and O–H groups in total. The number of benzene rings is 1. The molecule has 3 nitrogen and oxygen atoms in total. The molecule has 0 saturated heterocycles. The van der Waals surface area contributed by atoms with Gasteiger partial charge < -0.3 is 4.74 Å². The Kier molecular flexibility index (Phi) is 6.21. The Balaban J connectivity index is 2.05. The van der Waals surface area contributed by atoms with E-state index in [0.717, 1.165) is 12.8 Å². The van der Waals surface area contributed by atoms with Crippen molar-refractivity contribution >= 4 is 11.3 Å². The van der Waals surface area contributed by atoms with Crippen molar-refractivity contribution in [3.8, 4) is 0 Å². The number of hydrogen-bond donors (Lipinski definition) is 2. The second-order valence-corrected chi connectivity index (χ2v) is 5.71. The van der Waals surface area contributed by atoms with Crippen LogP contribution in [0.15, 0.2) is 47.8 Å². The van der Waals surface area contributed by atoms with Crippen molar-refractivity contribution in [2.45, 2.75) is 31.9 Å². The molecule has 0 bridgehead atoms. The molecule has 0 amide bonds. The molecule has 0 saturated carbocycles. The molecule has 0 aliphatic heterocycles. The van der Waals surface area contributed by atoms with Crippen molar-refractivity contribution in [2.24, 2.45) is 5.84 Å². The Morgan fingerprint density at radius 1 is 1.20 bits per heavy atom. The van der Waals surface area contributed by atoms with E-state index in [1.54, 1.807) is 11.3 Å². The standard InChI is InChI=1S/C16H22N2OS/c1-2-19-16(13-7-4-3-5-8-13)15(18-17)11-10-14-9-6-12-20-14/h3-9,12,15-16,18H,2,10-11,17H2,1H3. The molecule has 0 aliphatic carbocycles. The summed E-state index contributed by atoms with van der Waals surface area (Å²) >= 11 is 1.79. The fourth-order valence-electron chi connectivity index (χ4n) is 2.34. The van der Waals surface area contributed by atoms with E-state index in [2.05, 4.69) is 35.1 Å². The highest BCUT2D eigenvalue weighted by molar-refractivity contribution is 7.09. The van der Waals surface area contributed by atoms with Gasteiger partial charge in [0.25, 0.3) is 0 Å². The smallest absolute Gasteiger partial charge is 0.0991 e. The minimum absolute atomic E-state index is 0.00818. The van der Waals surface area contributed by atoms with Crippen molar-refractivity contribution < 1.29 is 4.74 Å². The summed E-state index contributed by atoms with van der Waals surface area (Å²) in [5.74, 6) is 5.75. The summed E-state index contributed by atoms with van der Waals surface area (Å²) in [4.78, 5) is 1.38. The number of aryl methyl sites for hydroxylation is 1. The Morgan fingerprint density at radius 2 is 2.00 bits per heavy atom. The first-order valence-electron chi connectivity index (χ1n) is 7.00. The maximum Gasteiger partial charge on any atom is 0.0991 e. The number of hydrogen-bond acceptors (Lipinski definition) is 4. The van der Waals surface area contributed by atoms with Crippen LogP contribution in [-0.2, 0) is 11.2 Å². The average molecular weight is 290 g/mol. The van der Waals surface area contributed by atoms with Crippen molar-refractivity contribution in [2.75, 3.05) is 6.61 Å². The van der Waals surface area contributed by atoms with Crippen molar-refractivity contribution in [1.82, 2.24) is 5.43 Å². The molecule has 2 aromatic rings. The predicted molar refractivity (Wildman–Crippen MR) is 84.6 cm³/mol. The largest absolute Gasteiger partial charge is 0.372 e. The summed E-state index contributed by atoms with van der Waals surface area (Å²) in [6.07, 6.45) is 1.96. The third-order valence-corrected chi connectivity index (χ3v) is 4.27. The zero-order chi connectivity index (χ0) is 14.2. The highest BCUT2D eigenvalue weighted by Crippen LogP contribution is 2.24. The van der Waals surface area contributed by atoms with Crippen molar-refractivity contribution in [1.29, 1.82) is 0 Å². The minimum Gasteiger partial charge on any atom is -0.372 e. The van der Waals surface area contributed by atoms with E-state index in [0.29, 0.717) is 6.61 Å². The van der Waals surface area contributed by atoms with E-state index in [1.807, 2.05) is 25.1 Å². The van der Waals surface area contributed by atoms with Crippen LogP contribution in [0.2, 0.25) is 0 Å². The van der Waals surface area contributed by atoms with Crippen molar-refractivity contribution in [3.05, 3.63) is 58.3 Å². The lowest BCUT2D eigenvalue weighted by Gasteiger charge is -2.26. The maximum absolute atomic E-state index is 5.91. The minimum atomic E-state index is -0.00818. The fraction of sp³-hybridized carbons (Fsp3) is 0.375. The van der Waals surface area contributed by atoms with Gasteiger partial charge >= 0.3 is 0 Å². The van der Waals surface area contributed by atoms with E-state index in [9.17, 15) is 0 Å². The van der Waals surface area contributed by atoms with Gasteiger partial charge in [0.2, 0.25) is 0 Å². The Morgan fingerprint density at radius 3 is 2.60 bits per heavy atom. The fourth-order valence-corrected chi connectivity index (χ4v) is 3.07. The first-order valence-corrected chi connectivity index (χ1v) is 7.88. The van der Waals surface area contributed by atoms with Crippen LogP contribution in [0.25, 0.3) is 0 Å².